The average Bonchev–Trinajstić information content (AvgIpc) is 3.01. The summed E-state index contributed by atoms with van der Waals surface area (Å²) in [4.78, 5) is 13.3. The topological polar surface area (TPSA) is 55.1 Å². The molecule has 5 heteroatoms. The first kappa shape index (κ1) is 15.7. The molecule has 2 atom stereocenters. The van der Waals surface area contributed by atoms with E-state index in [1.807, 2.05) is 24.4 Å². The van der Waals surface area contributed by atoms with E-state index in [0.717, 1.165) is 10.4 Å². The van der Waals surface area contributed by atoms with Gasteiger partial charge in [-0.05, 0) is 35.6 Å². The van der Waals surface area contributed by atoms with Crippen LogP contribution < -0.4 is 11.1 Å². The Morgan fingerprint density at radius 2 is 2.05 bits per heavy atom. The molecular formula is C16H19FN2OS. The lowest BCUT2D eigenvalue weighted by molar-refractivity contribution is -0.125. The number of nitrogens with two attached hydrogens (primary N) is 1. The molecule has 0 saturated carbocycles. The van der Waals surface area contributed by atoms with Crippen molar-refractivity contribution in [1.82, 2.24) is 5.32 Å². The molecule has 0 saturated heterocycles. The zero-order valence-electron chi connectivity index (χ0n) is 11.9. The smallest absolute Gasteiger partial charge is 0.225 e. The highest BCUT2D eigenvalue weighted by Gasteiger charge is 2.22. The summed E-state index contributed by atoms with van der Waals surface area (Å²) in [7, 11) is 0. The van der Waals surface area contributed by atoms with Crippen molar-refractivity contribution in [2.24, 2.45) is 11.7 Å². The first-order chi connectivity index (χ1) is 10.2. The van der Waals surface area contributed by atoms with Crippen molar-refractivity contribution in [3.63, 3.8) is 0 Å². The summed E-state index contributed by atoms with van der Waals surface area (Å²) < 4.78 is 13.1. The van der Waals surface area contributed by atoms with E-state index in [2.05, 4.69) is 5.32 Å². The molecular weight excluding hydrogens is 287 g/mol. The first-order valence-electron chi connectivity index (χ1n) is 6.95. The fraction of sp³-hybridized carbons (Fsp3) is 0.312. The van der Waals surface area contributed by atoms with E-state index in [0.29, 0.717) is 13.0 Å². The molecule has 112 valence electrons. The Morgan fingerprint density at radius 1 is 1.33 bits per heavy atom. The molecule has 21 heavy (non-hydrogen) atoms. The second-order valence-corrected chi connectivity index (χ2v) is 5.83. The number of nitrogens with one attached hydrogen (secondary N) is 1. The van der Waals surface area contributed by atoms with E-state index in [-0.39, 0.29) is 23.7 Å². The molecule has 3 nitrogen and oxygen atoms in total. The van der Waals surface area contributed by atoms with Crippen molar-refractivity contribution >= 4 is 17.2 Å². The van der Waals surface area contributed by atoms with Gasteiger partial charge in [0, 0.05) is 17.3 Å². The summed E-state index contributed by atoms with van der Waals surface area (Å²) in [6.07, 6.45) is 0.697. The molecule has 0 spiro atoms. The van der Waals surface area contributed by atoms with Gasteiger partial charge >= 0.3 is 0 Å². The van der Waals surface area contributed by atoms with Crippen LogP contribution in [-0.4, -0.2) is 12.5 Å². The van der Waals surface area contributed by atoms with Gasteiger partial charge in [0.2, 0.25) is 5.91 Å². The summed E-state index contributed by atoms with van der Waals surface area (Å²) in [6, 6.07) is 9.83. The molecule has 0 aliphatic rings. The number of amides is 1. The quantitative estimate of drug-likeness (QED) is 0.861. The summed E-state index contributed by atoms with van der Waals surface area (Å²) in [5.74, 6) is -0.556. The second kappa shape index (κ2) is 7.33. The third kappa shape index (κ3) is 3.89. The van der Waals surface area contributed by atoms with Crippen LogP contribution in [0.2, 0.25) is 0 Å². The molecule has 1 heterocycles. The fourth-order valence-electron chi connectivity index (χ4n) is 2.15. The number of hydrogen-bond donors (Lipinski definition) is 2. The van der Waals surface area contributed by atoms with Gasteiger partial charge in [0.25, 0.3) is 0 Å². The number of thiophene rings is 1. The minimum Gasteiger partial charge on any atom is -0.344 e. The van der Waals surface area contributed by atoms with Gasteiger partial charge in [-0.3, -0.25) is 4.79 Å². The molecule has 1 amide bonds. The summed E-state index contributed by atoms with van der Waals surface area (Å²) in [5, 5.41) is 4.98. The normalized spacial score (nSPS) is 13.7. The van der Waals surface area contributed by atoms with Crippen molar-refractivity contribution in [2.45, 2.75) is 19.4 Å². The third-order valence-electron chi connectivity index (χ3n) is 3.47. The van der Waals surface area contributed by atoms with Crippen LogP contribution in [0.25, 0.3) is 0 Å². The monoisotopic (exact) mass is 306 g/mol. The number of hydrogen-bond acceptors (Lipinski definition) is 3. The van der Waals surface area contributed by atoms with Gasteiger partial charge in [0.15, 0.2) is 0 Å². The van der Waals surface area contributed by atoms with E-state index in [9.17, 15) is 9.18 Å². The Balaban J connectivity index is 2.25. The molecule has 2 aromatic rings. The predicted molar refractivity (Wildman–Crippen MR) is 83.5 cm³/mol. The van der Waals surface area contributed by atoms with Gasteiger partial charge in [-0.2, -0.15) is 0 Å². The van der Waals surface area contributed by atoms with Crippen LogP contribution >= 0.6 is 11.3 Å². The fourth-order valence-corrected chi connectivity index (χ4v) is 2.95. The van der Waals surface area contributed by atoms with Crippen LogP contribution in [0.3, 0.4) is 0 Å². The highest BCUT2D eigenvalue weighted by Crippen LogP contribution is 2.26. The lowest BCUT2D eigenvalue weighted by Gasteiger charge is -2.21. The zero-order valence-corrected chi connectivity index (χ0v) is 12.7. The van der Waals surface area contributed by atoms with Crippen LogP contribution in [0, 0.1) is 11.7 Å². The number of benzene rings is 1. The van der Waals surface area contributed by atoms with Crippen LogP contribution in [-0.2, 0) is 4.79 Å². The van der Waals surface area contributed by atoms with Crippen LogP contribution in [0.5, 0.6) is 0 Å². The molecule has 1 aromatic carbocycles. The van der Waals surface area contributed by atoms with Gasteiger partial charge in [-0.15, -0.1) is 11.3 Å². The molecule has 0 aliphatic carbocycles. The van der Waals surface area contributed by atoms with E-state index >= 15 is 0 Å². The number of carbonyl (C=O) groups excluding carboxylic acids is 1. The third-order valence-corrected chi connectivity index (χ3v) is 4.40. The Kier molecular flexibility index (Phi) is 5.47. The largest absolute Gasteiger partial charge is 0.344 e. The standard InChI is InChI=1S/C16H19FN2OS/c1-2-11(10-18)16(20)19-15(14-4-3-9-21-14)12-5-7-13(17)8-6-12/h3-9,11,15H,2,10,18H2,1H3,(H,19,20). The van der Waals surface area contributed by atoms with Crippen LogP contribution in [0.4, 0.5) is 4.39 Å². The van der Waals surface area contributed by atoms with Crippen molar-refractivity contribution < 1.29 is 9.18 Å². The van der Waals surface area contributed by atoms with Gasteiger partial charge in [-0.25, -0.2) is 4.39 Å². The number of rotatable bonds is 6. The molecule has 1 aromatic heterocycles. The molecule has 0 radical (unpaired) electrons. The predicted octanol–water partition coefficient (Wildman–Crippen LogP) is 3.08. The Morgan fingerprint density at radius 3 is 2.57 bits per heavy atom. The maximum absolute atomic E-state index is 13.1. The second-order valence-electron chi connectivity index (χ2n) is 4.85. The Labute approximate surface area is 128 Å². The zero-order chi connectivity index (χ0) is 15.2. The van der Waals surface area contributed by atoms with Crippen LogP contribution in [0.1, 0.15) is 29.8 Å². The summed E-state index contributed by atoms with van der Waals surface area (Å²) >= 11 is 1.56. The van der Waals surface area contributed by atoms with Gasteiger partial charge in [0.05, 0.1) is 6.04 Å². The maximum Gasteiger partial charge on any atom is 0.225 e. The van der Waals surface area contributed by atoms with E-state index in [4.69, 9.17) is 5.73 Å². The molecule has 0 fully saturated rings. The molecule has 2 unspecified atom stereocenters. The van der Waals surface area contributed by atoms with Crippen LogP contribution in [0.15, 0.2) is 41.8 Å². The Bertz CT molecular complexity index is 564. The minimum absolute atomic E-state index is 0.0669. The molecule has 2 rings (SSSR count). The summed E-state index contributed by atoms with van der Waals surface area (Å²) in [5.41, 5.74) is 6.49. The molecule has 3 N–H and O–H groups in total. The SMILES string of the molecule is CCC(CN)C(=O)NC(c1ccc(F)cc1)c1cccs1. The van der Waals surface area contributed by atoms with Crippen molar-refractivity contribution in [1.29, 1.82) is 0 Å². The van der Waals surface area contributed by atoms with E-state index < -0.39 is 0 Å². The van der Waals surface area contributed by atoms with Gasteiger partial charge in [0.1, 0.15) is 5.82 Å². The van der Waals surface area contributed by atoms with Crippen molar-refractivity contribution in [2.75, 3.05) is 6.54 Å². The van der Waals surface area contributed by atoms with Gasteiger partial charge < -0.3 is 11.1 Å². The maximum atomic E-state index is 13.1. The molecule has 0 aliphatic heterocycles. The number of carbonyl (C=O) groups is 1. The summed E-state index contributed by atoms with van der Waals surface area (Å²) in [6.45, 7) is 2.26. The average molecular weight is 306 g/mol. The van der Waals surface area contributed by atoms with Gasteiger partial charge in [-0.1, -0.05) is 25.1 Å². The highest BCUT2D eigenvalue weighted by molar-refractivity contribution is 7.10. The highest BCUT2D eigenvalue weighted by atomic mass is 32.1. The minimum atomic E-state index is -0.289. The Hall–Kier alpha value is -1.72. The van der Waals surface area contributed by atoms with E-state index in [1.54, 1.807) is 23.5 Å². The van der Waals surface area contributed by atoms with Crippen molar-refractivity contribution in [3.05, 3.63) is 58.0 Å². The van der Waals surface area contributed by atoms with E-state index in [1.165, 1.54) is 12.1 Å². The molecule has 0 bridgehead atoms. The lowest BCUT2D eigenvalue weighted by Crippen LogP contribution is -2.37. The van der Waals surface area contributed by atoms with Crippen molar-refractivity contribution in [3.8, 4) is 0 Å². The number of halogens is 1. The lowest BCUT2D eigenvalue weighted by atomic mass is 10.0. The first-order valence-corrected chi connectivity index (χ1v) is 7.83.